The average Bonchev–Trinajstić information content (AvgIpc) is 2.32. The van der Waals surface area contributed by atoms with Gasteiger partial charge in [-0.1, -0.05) is 37.3 Å². The molecule has 16 heavy (non-hydrogen) atoms. The van der Waals surface area contributed by atoms with Crippen LogP contribution in [-0.4, -0.2) is 11.8 Å². The Kier molecular flexibility index (Phi) is 1.96. The summed E-state index contributed by atoms with van der Waals surface area (Å²) >= 11 is 0. The van der Waals surface area contributed by atoms with E-state index in [1.165, 1.54) is 5.57 Å². The zero-order valence-corrected chi connectivity index (χ0v) is 9.10. The van der Waals surface area contributed by atoms with E-state index in [0.717, 1.165) is 11.3 Å². The lowest BCUT2D eigenvalue weighted by molar-refractivity contribution is -0.116. The van der Waals surface area contributed by atoms with Gasteiger partial charge < -0.3 is 5.32 Å². The van der Waals surface area contributed by atoms with Crippen LogP contribution in [0.25, 0.3) is 0 Å². The van der Waals surface area contributed by atoms with Gasteiger partial charge in [0.05, 0.1) is 6.04 Å². The molecule has 0 aromatic rings. The number of nitrogens with one attached hydrogen (secondary N) is 1. The van der Waals surface area contributed by atoms with Crippen molar-refractivity contribution < 1.29 is 4.79 Å². The summed E-state index contributed by atoms with van der Waals surface area (Å²) < 4.78 is 0. The molecule has 2 nitrogen and oxygen atoms in total. The number of carbonyl (C=O) groups is 1. The van der Waals surface area contributed by atoms with Crippen LogP contribution in [0.4, 0.5) is 0 Å². The molecule has 0 aromatic carbocycles. The number of allylic oxidation sites excluding steroid dienone is 6. The van der Waals surface area contributed by atoms with Crippen LogP contribution >= 0.6 is 0 Å². The van der Waals surface area contributed by atoms with Gasteiger partial charge in [-0.25, -0.2) is 0 Å². The van der Waals surface area contributed by atoms with Gasteiger partial charge >= 0.3 is 0 Å². The van der Waals surface area contributed by atoms with Gasteiger partial charge in [0.2, 0.25) is 0 Å². The number of carbonyl (C=O) groups excluding carboxylic acids is 1. The van der Waals surface area contributed by atoms with Crippen molar-refractivity contribution in [2.45, 2.75) is 13.0 Å². The summed E-state index contributed by atoms with van der Waals surface area (Å²) in [4.78, 5) is 11.6. The van der Waals surface area contributed by atoms with Crippen molar-refractivity contribution >= 4 is 5.78 Å². The molecule has 1 N–H and O–H groups in total. The second-order valence-electron chi connectivity index (χ2n) is 4.34. The molecule has 1 aliphatic heterocycles. The standard InChI is InChI=1S/C14H13NO/c1-9-11-8-10-4-2-3-5-12(10)15-13(11)6-7-14(9)16/h2-9,12,15H,1H3. The van der Waals surface area contributed by atoms with E-state index in [1.54, 1.807) is 6.08 Å². The Morgan fingerprint density at radius 2 is 2.06 bits per heavy atom. The fourth-order valence-electron chi connectivity index (χ4n) is 2.30. The molecular formula is C14H13NO. The summed E-state index contributed by atoms with van der Waals surface area (Å²) in [6, 6.07) is 0.258. The third-order valence-electron chi connectivity index (χ3n) is 3.31. The lowest BCUT2D eigenvalue weighted by atomic mass is 9.84. The number of hydrogen-bond acceptors (Lipinski definition) is 2. The van der Waals surface area contributed by atoms with Crippen molar-refractivity contribution in [1.82, 2.24) is 5.32 Å². The van der Waals surface area contributed by atoms with Crippen LogP contribution in [-0.2, 0) is 4.79 Å². The van der Waals surface area contributed by atoms with Crippen LogP contribution in [0, 0.1) is 5.92 Å². The minimum absolute atomic E-state index is 0.0275. The first-order valence-electron chi connectivity index (χ1n) is 5.55. The Bertz CT molecular complexity index is 503. The summed E-state index contributed by atoms with van der Waals surface area (Å²) in [5, 5.41) is 3.44. The van der Waals surface area contributed by atoms with E-state index < -0.39 is 0 Å². The molecule has 2 unspecified atom stereocenters. The minimum atomic E-state index is -0.0275. The first-order chi connectivity index (χ1) is 7.75. The molecule has 0 saturated carbocycles. The second-order valence-corrected chi connectivity index (χ2v) is 4.34. The minimum Gasteiger partial charge on any atom is -0.374 e. The highest BCUT2D eigenvalue weighted by atomic mass is 16.1. The smallest absolute Gasteiger partial charge is 0.163 e. The molecular weight excluding hydrogens is 198 g/mol. The van der Waals surface area contributed by atoms with Crippen molar-refractivity contribution in [2.75, 3.05) is 0 Å². The molecule has 1 heterocycles. The molecule has 3 rings (SSSR count). The van der Waals surface area contributed by atoms with E-state index >= 15 is 0 Å². The Labute approximate surface area is 94.7 Å². The quantitative estimate of drug-likeness (QED) is 0.664. The maximum absolute atomic E-state index is 11.6. The summed E-state index contributed by atoms with van der Waals surface area (Å²) in [6.07, 6.45) is 14.0. The first kappa shape index (κ1) is 9.40. The van der Waals surface area contributed by atoms with Gasteiger partial charge in [0.1, 0.15) is 0 Å². The topological polar surface area (TPSA) is 29.1 Å². The van der Waals surface area contributed by atoms with Crippen molar-refractivity contribution in [2.24, 2.45) is 5.92 Å². The van der Waals surface area contributed by atoms with Crippen LogP contribution < -0.4 is 5.32 Å². The second kappa shape index (κ2) is 3.34. The van der Waals surface area contributed by atoms with Crippen molar-refractivity contribution in [3.05, 3.63) is 59.4 Å². The van der Waals surface area contributed by atoms with Crippen molar-refractivity contribution in [3.63, 3.8) is 0 Å². The van der Waals surface area contributed by atoms with E-state index in [1.807, 2.05) is 25.2 Å². The fourth-order valence-corrected chi connectivity index (χ4v) is 2.30. The highest BCUT2D eigenvalue weighted by molar-refractivity contribution is 5.96. The summed E-state index contributed by atoms with van der Waals surface area (Å²) in [7, 11) is 0. The van der Waals surface area contributed by atoms with Crippen LogP contribution in [0.5, 0.6) is 0 Å². The van der Waals surface area contributed by atoms with Crippen molar-refractivity contribution in [1.29, 1.82) is 0 Å². The number of rotatable bonds is 0. The lowest BCUT2D eigenvalue weighted by Gasteiger charge is -2.30. The highest BCUT2D eigenvalue weighted by Gasteiger charge is 2.27. The molecule has 0 fully saturated rings. The normalized spacial score (nSPS) is 30.8. The zero-order chi connectivity index (χ0) is 11.1. The number of hydrogen-bond donors (Lipinski definition) is 1. The molecule has 3 aliphatic rings. The van der Waals surface area contributed by atoms with E-state index in [2.05, 4.69) is 23.5 Å². The molecule has 2 atom stereocenters. The van der Waals surface area contributed by atoms with Gasteiger partial charge in [0, 0.05) is 11.6 Å². The third kappa shape index (κ3) is 1.30. The Morgan fingerprint density at radius 3 is 2.94 bits per heavy atom. The van der Waals surface area contributed by atoms with Gasteiger partial charge in [0.15, 0.2) is 5.78 Å². The number of dihydropyridines is 1. The van der Waals surface area contributed by atoms with E-state index in [0.29, 0.717) is 0 Å². The molecule has 0 radical (unpaired) electrons. The first-order valence-corrected chi connectivity index (χ1v) is 5.55. The van der Waals surface area contributed by atoms with Crippen molar-refractivity contribution in [3.8, 4) is 0 Å². The Hall–Kier alpha value is -1.83. The zero-order valence-electron chi connectivity index (χ0n) is 9.10. The van der Waals surface area contributed by atoms with Gasteiger partial charge in [-0.2, -0.15) is 0 Å². The summed E-state index contributed by atoms with van der Waals surface area (Å²) in [5.74, 6) is 0.159. The Balaban J connectivity index is 2.06. The molecule has 0 spiro atoms. The third-order valence-corrected chi connectivity index (χ3v) is 3.31. The van der Waals surface area contributed by atoms with Crippen LogP contribution in [0.1, 0.15) is 6.92 Å². The van der Waals surface area contributed by atoms with Crippen LogP contribution in [0.3, 0.4) is 0 Å². The van der Waals surface area contributed by atoms with Gasteiger partial charge in [-0.15, -0.1) is 0 Å². The lowest BCUT2D eigenvalue weighted by Crippen LogP contribution is -2.35. The monoisotopic (exact) mass is 211 g/mol. The van der Waals surface area contributed by atoms with Gasteiger partial charge in [0.25, 0.3) is 0 Å². The maximum Gasteiger partial charge on any atom is 0.163 e. The number of fused-ring (bicyclic) bond motifs is 1. The number of ketones is 1. The molecule has 2 heteroatoms. The predicted octanol–water partition coefficient (Wildman–Crippen LogP) is 2.04. The molecule has 0 amide bonds. The fraction of sp³-hybridized carbons (Fsp3) is 0.214. The summed E-state index contributed by atoms with van der Waals surface area (Å²) in [5.41, 5.74) is 3.43. The molecule has 80 valence electrons. The van der Waals surface area contributed by atoms with E-state index in [-0.39, 0.29) is 17.7 Å². The van der Waals surface area contributed by atoms with E-state index in [4.69, 9.17) is 0 Å². The van der Waals surface area contributed by atoms with E-state index in [9.17, 15) is 4.79 Å². The largest absolute Gasteiger partial charge is 0.374 e. The molecule has 2 aliphatic carbocycles. The van der Waals surface area contributed by atoms with Gasteiger partial charge in [-0.05, 0) is 23.3 Å². The molecule has 0 bridgehead atoms. The molecule has 0 aromatic heterocycles. The predicted molar refractivity (Wildman–Crippen MR) is 63.6 cm³/mol. The van der Waals surface area contributed by atoms with Crippen LogP contribution in [0.15, 0.2) is 59.4 Å². The average molecular weight is 211 g/mol. The highest BCUT2D eigenvalue weighted by Crippen LogP contribution is 2.30. The Morgan fingerprint density at radius 1 is 1.19 bits per heavy atom. The van der Waals surface area contributed by atoms with Gasteiger partial charge in [-0.3, -0.25) is 4.79 Å². The molecule has 0 saturated heterocycles. The van der Waals surface area contributed by atoms with Crippen LogP contribution in [0.2, 0.25) is 0 Å². The summed E-state index contributed by atoms with van der Waals surface area (Å²) in [6.45, 7) is 1.96. The maximum atomic E-state index is 11.6. The SMILES string of the molecule is CC1C(=O)C=CC2=C1C=C1C=CC=CC1N2.